The SMILES string of the molecule is Cc1cccnc1CNC(=O)c1cccc(NCc2[nH]nc(-c3ccncc3F)[n+]2C)c1. The van der Waals surface area contributed by atoms with Gasteiger partial charge in [0.05, 0.1) is 31.0 Å². The molecule has 0 aliphatic heterocycles. The molecule has 0 unspecified atom stereocenters. The van der Waals surface area contributed by atoms with Gasteiger partial charge in [-0.2, -0.15) is 0 Å². The summed E-state index contributed by atoms with van der Waals surface area (Å²) in [5.41, 5.74) is 3.55. The Kier molecular flexibility index (Phi) is 6.16. The van der Waals surface area contributed by atoms with Gasteiger partial charge in [-0.05, 0) is 42.8 Å². The third-order valence-corrected chi connectivity index (χ3v) is 5.15. The largest absolute Gasteiger partial charge is 0.375 e. The number of hydrogen-bond donors (Lipinski definition) is 3. The molecule has 0 spiro atoms. The van der Waals surface area contributed by atoms with Crippen molar-refractivity contribution in [3.63, 3.8) is 0 Å². The molecule has 0 bridgehead atoms. The van der Waals surface area contributed by atoms with Crippen molar-refractivity contribution in [3.8, 4) is 11.4 Å². The van der Waals surface area contributed by atoms with Crippen molar-refractivity contribution in [2.24, 2.45) is 7.05 Å². The minimum absolute atomic E-state index is 0.179. The smallest absolute Gasteiger partial charge is 0.311 e. The Bertz CT molecular complexity index is 1250. The number of carbonyl (C=O) groups excluding carboxylic acids is 1. The molecule has 0 aliphatic rings. The number of benzene rings is 1. The van der Waals surface area contributed by atoms with Crippen molar-refractivity contribution >= 4 is 11.6 Å². The molecule has 3 aromatic heterocycles. The van der Waals surface area contributed by atoms with Gasteiger partial charge in [-0.1, -0.05) is 12.1 Å². The first kappa shape index (κ1) is 21.1. The number of aromatic amines is 1. The van der Waals surface area contributed by atoms with Crippen LogP contribution in [0.3, 0.4) is 0 Å². The molecule has 4 aromatic rings. The minimum atomic E-state index is -0.436. The fourth-order valence-corrected chi connectivity index (χ4v) is 3.28. The molecule has 0 atom stereocenters. The zero-order valence-electron chi connectivity index (χ0n) is 17.8. The number of anilines is 1. The summed E-state index contributed by atoms with van der Waals surface area (Å²) >= 11 is 0. The van der Waals surface area contributed by atoms with Gasteiger partial charge in [0.15, 0.2) is 5.82 Å². The number of nitrogens with one attached hydrogen (secondary N) is 3. The van der Waals surface area contributed by atoms with Gasteiger partial charge in [-0.15, -0.1) is 5.10 Å². The van der Waals surface area contributed by atoms with Crippen LogP contribution in [0.25, 0.3) is 11.4 Å². The quantitative estimate of drug-likeness (QED) is 0.390. The summed E-state index contributed by atoms with van der Waals surface area (Å²) in [5, 5.41) is 13.3. The molecule has 0 saturated heterocycles. The van der Waals surface area contributed by atoms with Crippen LogP contribution in [0.4, 0.5) is 10.1 Å². The van der Waals surface area contributed by atoms with E-state index in [1.54, 1.807) is 36.0 Å². The number of nitrogens with zero attached hydrogens (tertiary/aromatic N) is 4. The lowest BCUT2D eigenvalue weighted by Crippen LogP contribution is -2.35. The minimum Gasteiger partial charge on any atom is -0.375 e. The number of hydrogen-bond acceptors (Lipinski definition) is 5. The van der Waals surface area contributed by atoms with Crippen molar-refractivity contribution in [3.05, 3.63) is 89.5 Å². The third kappa shape index (κ3) is 4.61. The Morgan fingerprint density at radius 3 is 2.84 bits per heavy atom. The van der Waals surface area contributed by atoms with Gasteiger partial charge in [0, 0.05) is 28.7 Å². The molecule has 1 amide bonds. The third-order valence-electron chi connectivity index (χ3n) is 5.15. The highest BCUT2D eigenvalue weighted by atomic mass is 19.1. The van der Waals surface area contributed by atoms with Crippen LogP contribution in [-0.2, 0) is 20.1 Å². The number of rotatable bonds is 7. The highest BCUT2D eigenvalue weighted by Crippen LogP contribution is 2.16. The van der Waals surface area contributed by atoms with Crippen molar-refractivity contribution in [2.75, 3.05) is 5.32 Å². The standard InChI is InChI=1S/C23H22FN7O/c1-15-5-4-9-26-20(15)13-28-23(32)16-6-3-7-17(11-16)27-14-21-29-30-22(31(21)2)18-8-10-25-12-19(18)24/h3-12,27H,13-14H2,1-2H3,(H,28,32)/p+1. The highest BCUT2D eigenvalue weighted by molar-refractivity contribution is 5.95. The highest BCUT2D eigenvalue weighted by Gasteiger charge is 2.21. The Balaban J connectivity index is 1.41. The van der Waals surface area contributed by atoms with E-state index in [2.05, 4.69) is 30.8 Å². The molecule has 4 rings (SSSR count). The normalized spacial score (nSPS) is 10.7. The second-order valence-corrected chi connectivity index (χ2v) is 7.29. The summed E-state index contributed by atoms with van der Waals surface area (Å²) in [7, 11) is 1.80. The lowest BCUT2D eigenvalue weighted by Gasteiger charge is -2.09. The molecular weight excluding hydrogens is 409 g/mol. The predicted octanol–water partition coefficient (Wildman–Crippen LogP) is 2.68. The topological polar surface area (TPSA) is 99.5 Å². The average molecular weight is 432 g/mol. The number of halogens is 1. The van der Waals surface area contributed by atoms with E-state index < -0.39 is 5.82 Å². The summed E-state index contributed by atoms with van der Waals surface area (Å²) in [4.78, 5) is 20.6. The number of carbonyl (C=O) groups is 1. The van der Waals surface area contributed by atoms with E-state index in [1.165, 1.54) is 6.20 Å². The molecule has 0 radical (unpaired) electrons. The molecule has 3 N–H and O–H groups in total. The van der Waals surface area contributed by atoms with E-state index in [4.69, 9.17) is 0 Å². The van der Waals surface area contributed by atoms with E-state index in [9.17, 15) is 9.18 Å². The molecule has 9 heteroatoms. The van der Waals surface area contributed by atoms with Crippen LogP contribution in [0.2, 0.25) is 0 Å². The van der Waals surface area contributed by atoms with Crippen LogP contribution in [0.5, 0.6) is 0 Å². The van der Waals surface area contributed by atoms with Crippen LogP contribution in [0, 0.1) is 12.7 Å². The second-order valence-electron chi connectivity index (χ2n) is 7.29. The molecule has 0 aliphatic carbocycles. The maximum Gasteiger partial charge on any atom is 0.311 e. The van der Waals surface area contributed by atoms with Crippen LogP contribution >= 0.6 is 0 Å². The second kappa shape index (κ2) is 9.34. The van der Waals surface area contributed by atoms with Crippen molar-refractivity contribution < 1.29 is 13.8 Å². The molecule has 0 saturated carbocycles. The Labute approximate surface area is 184 Å². The van der Waals surface area contributed by atoms with Crippen LogP contribution in [0.15, 0.2) is 61.1 Å². The molecule has 1 aromatic carbocycles. The molecule has 0 fully saturated rings. The summed E-state index contributed by atoms with van der Waals surface area (Å²) in [6.07, 6.45) is 4.40. The zero-order valence-corrected chi connectivity index (χ0v) is 17.8. The van der Waals surface area contributed by atoms with E-state index in [0.717, 1.165) is 29.0 Å². The van der Waals surface area contributed by atoms with Crippen molar-refractivity contribution in [1.29, 1.82) is 0 Å². The Morgan fingerprint density at radius 1 is 1.16 bits per heavy atom. The van der Waals surface area contributed by atoms with E-state index in [-0.39, 0.29) is 5.91 Å². The number of H-pyrrole nitrogens is 1. The predicted molar refractivity (Wildman–Crippen MR) is 117 cm³/mol. The maximum absolute atomic E-state index is 14.0. The van der Waals surface area contributed by atoms with Crippen molar-refractivity contribution in [1.82, 2.24) is 25.5 Å². The van der Waals surface area contributed by atoms with Crippen molar-refractivity contribution in [2.45, 2.75) is 20.0 Å². The Morgan fingerprint density at radius 2 is 2.03 bits per heavy atom. The van der Waals surface area contributed by atoms with Gasteiger partial charge in [0.25, 0.3) is 11.7 Å². The molecule has 8 nitrogen and oxygen atoms in total. The fraction of sp³-hybridized carbons (Fsp3) is 0.174. The first-order chi connectivity index (χ1) is 15.5. The maximum atomic E-state index is 14.0. The molecular formula is C23H23FN7O+. The van der Waals surface area contributed by atoms with E-state index in [0.29, 0.717) is 30.0 Å². The van der Waals surface area contributed by atoms with Gasteiger partial charge >= 0.3 is 5.82 Å². The number of pyridine rings is 2. The van der Waals surface area contributed by atoms with Gasteiger partial charge < -0.3 is 10.6 Å². The first-order valence-corrected chi connectivity index (χ1v) is 10.1. The van der Waals surface area contributed by atoms with Gasteiger partial charge in [-0.3, -0.25) is 14.8 Å². The van der Waals surface area contributed by atoms with Gasteiger partial charge in [0.1, 0.15) is 6.54 Å². The monoisotopic (exact) mass is 432 g/mol. The average Bonchev–Trinajstić information content (AvgIpc) is 3.17. The van der Waals surface area contributed by atoms with Crippen LogP contribution < -0.4 is 15.2 Å². The first-order valence-electron chi connectivity index (χ1n) is 10.1. The summed E-state index contributed by atoms with van der Waals surface area (Å²) in [5.74, 6) is 0.603. The number of aromatic nitrogens is 5. The number of aryl methyl sites for hydroxylation is 1. The fourth-order valence-electron chi connectivity index (χ4n) is 3.28. The molecule has 32 heavy (non-hydrogen) atoms. The zero-order chi connectivity index (χ0) is 22.5. The summed E-state index contributed by atoms with van der Waals surface area (Å²) in [6, 6.07) is 12.6. The Hall–Kier alpha value is -4.14. The summed E-state index contributed by atoms with van der Waals surface area (Å²) < 4.78 is 15.8. The lowest BCUT2D eigenvalue weighted by molar-refractivity contribution is -0.668. The van der Waals surface area contributed by atoms with Crippen LogP contribution in [0.1, 0.15) is 27.4 Å². The number of amides is 1. The van der Waals surface area contributed by atoms with Gasteiger partial charge in [-0.25, -0.2) is 8.96 Å². The van der Waals surface area contributed by atoms with Crippen LogP contribution in [-0.4, -0.2) is 26.1 Å². The summed E-state index contributed by atoms with van der Waals surface area (Å²) in [6.45, 7) is 2.73. The molecule has 162 valence electrons. The molecule has 3 heterocycles. The van der Waals surface area contributed by atoms with E-state index >= 15 is 0 Å². The van der Waals surface area contributed by atoms with E-state index in [1.807, 2.05) is 31.2 Å². The van der Waals surface area contributed by atoms with Gasteiger partial charge in [0.2, 0.25) is 0 Å². The lowest BCUT2D eigenvalue weighted by atomic mass is 10.1.